The molecule has 1 aliphatic rings. The molecule has 5 nitrogen and oxygen atoms in total. The summed E-state index contributed by atoms with van der Waals surface area (Å²) in [4.78, 5) is 4.55. The number of nitrogens with zero attached hydrogens (tertiary/aromatic N) is 2. The molecule has 0 radical (unpaired) electrons. The van der Waals surface area contributed by atoms with Crippen molar-refractivity contribution in [2.24, 2.45) is 0 Å². The summed E-state index contributed by atoms with van der Waals surface area (Å²) in [7, 11) is 1.69. The Morgan fingerprint density at radius 2 is 2.33 bits per heavy atom. The van der Waals surface area contributed by atoms with Crippen molar-refractivity contribution < 1.29 is 9.26 Å². The Kier molecular flexibility index (Phi) is 4.20. The first-order valence-corrected chi connectivity index (χ1v) is 7.56. The van der Waals surface area contributed by atoms with E-state index in [0.717, 1.165) is 37.8 Å². The maximum absolute atomic E-state index is 5.48. The Morgan fingerprint density at radius 1 is 1.43 bits per heavy atom. The van der Waals surface area contributed by atoms with E-state index < -0.39 is 0 Å². The molecule has 0 saturated carbocycles. The molecule has 0 fully saturated rings. The van der Waals surface area contributed by atoms with E-state index >= 15 is 0 Å². The zero-order valence-corrected chi connectivity index (χ0v) is 12.6. The van der Waals surface area contributed by atoms with Gasteiger partial charge >= 0.3 is 0 Å². The normalized spacial score (nSPS) is 15.3. The smallest absolute Gasteiger partial charge is 0.258 e. The second-order valence-electron chi connectivity index (χ2n) is 5.33. The van der Waals surface area contributed by atoms with Crippen molar-refractivity contribution in [3.05, 3.63) is 29.6 Å². The summed E-state index contributed by atoms with van der Waals surface area (Å²) in [5.74, 6) is 1.22. The van der Waals surface area contributed by atoms with Gasteiger partial charge in [-0.2, -0.15) is 4.98 Å². The molecule has 2 aromatic rings. The lowest BCUT2D eigenvalue weighted by Crippen LogP contribution is -2.12. The first-order chi connectivity index (χ1) is 10.3. The van der Waals surface area contributed by atoms with Crippen LogP contribution in [0.15, 0.2) is 22.7 Å². The molecule has 0 bridgehead atoms. The highest BCUT2D eigenvalue weighted by molar-refractivity contribution is 5.69. The third kappa shape index (κ3) is 2.78. The third-order valence-corrected chi connectivity index (χ3v) is 3.89. The monoisotopic (exact) mass is 287 g/mol. The van der Waals surface area contributed by atoms with Crippen LogP contribution >= 0.6 is 0 Å². The maximum atomic E-state index is 5.48. The van der Waals surface area contributed by atoms with Gasteiger partial charge in [0.1, 0.15) is 6.10 Å². The number of rotatable bonds is 5. The van der Waals surface area contributed by atoms with E-state index in [1.807, 2.05) is 12.1 Å². The molecule has 0 aliphatic carbocycles. The van der Waals surface area contributed by atoms with Gasteiger partial charge in [0.15, 0.2) is 0 Å². The first kappa shape index (κ1) is 14.1. The number of ether oxygens (including phenoxy) is 1. The van der Waals surface area contributed by atoms with Gasteiger partial charge in [0.2, 0.25) is 5.82 Å². The van der Waals surface area contributed by atoms with Crippen LogP contribution in [-0.4, -0.2) is 23.8 Å². The number of benzene rings is 1. The average molecular weight is 287 g/mol. The lowest BCUT2D eigenvalue weighted by Gasteiger charge is -2.19. The second-order valence-corrected chi connectivity index (χ2v) is 5.33. The van der Waals surface area contributed by atoms with Gasteiger partial charge in [-0.05, 0) is 37.0 Å². The van der Waals surface area contributed by atoms with Crippen molar-refractivity contribution in [1.29, 1.82) is 0 Å². The van der Waals surface area contributed by atoms with Crippen LogP contribution < -0.4 is 5.32 Å². The highest BCUT2D eigenvalue weighted by Crippen LogP contribution is 2.32. The lowest BCUT2D eigenvalue weighted by atomic mass is 9.97. The van der Waals surface area contributed by atoms with Gasteiger partial charge in [0.25, 0.3) is 5.89 Å². The fraction of sp³-hybridized carbons (Fsp3) is 0.500. The molecular weight excluding hydrogens is 266 g/mol. The van der Waals surface area contributed by atoms with Crippen LogP contribution in [0.2, 0.25) is 0 Å². The molecule has 3 rings (SSSR count). The van der Waals surface area contributed by atoms with Crippen LogP contribution in [-0.2, 0) is 11.2 Å². The Morgan fingerprint density at radius 3 is 3.14 bits per heavy atom. The van der Waals surface area contributed by atoms with Crippen molar-refractivity contribution in [2.75, 3.05) is 19.0 Å². The zero-order valence-electron chi connectivity index (χ0n) is 12.6. The molecule has 0 saturated heterocycles. The SMILES string of the molecule is CCCC(OC)c1noc(-c2cccc3c2CCCN3)n1. The molecule has 1 N–H and O–H groups in total. The Labute approximate surface area is 124 Å². The van der Waals surface area contributed by atoms with Gasteiger partial charge in [-0.3, -0.25) is 0 Å². The maximum Gasteiger partial charge on any atom is 0.258 e. The van der Waals surface area contributed by atoms with Crippen LogP contribution in [0.25, 0.3) is 11.5 Å². The number of nitrogens with one attached hydrogen (secondary N) is 1. The third-order valence-electron chi connectivity index (χ3n) is 3.89. The summed E-state index contributed by atoms with van der Waals surface area (Å²) >= 11 is 0. The Balaban J connectivity index is 1.93. The van der Waals surface area contributed by atoms with Crippen molar-refractivity contribution in [1.82, 2.24) is 10.1 Å². The molecule has 1 aromatic carbocycles. The van der Waals surface area contributed by atoms with E-state index in [9.17, 15) is 0 Å². The fourth-order valence-electron chi connectivity index (χ4n) is 2.80. The molecule has 1 aromatic heterocycles. The van der Waals surface area contributed by atoms with Gasteiger partial charge in [-0.1, -0.05) is 24.6 Å². The molecule has 1 aliphatic heterocycles. The second kappa shape index (κ2) is 6.26. The summed E-state index contributed by atoms with van der Waals surface area (Å²) in [6.07, 6.45) is 3.99. The number of hydrogen-bond acceptors (Lipinski definition) is 5. The Hall–Kier alpha value is -1.88. The van der Waals surface area contributed by atoms with E-state index in [-0.39, 0.29) is 6.10 Å². The number of fused-ring (bicyclic) bond motifs is 1. The molecular formula is C16H21N3O2. The van der Waals surface area contributed by atoms with Crippen molar-refractivity contribution >= 4 is 5.69 Å². The van der Waals surface area contributed by atoms with Crippen molar-refractivity contribution in [3.63, 3.8) is 0 Å². The summed E-state index contributed by atoms with van der Waals surface area (Å²) in [5, 5.41) is 7.52. The van der Waals surface area contributed by atoms with Crippen LogP contribution in [0.3, 0.4) is 0 Å². The van der Waals surface area contributed by atoms with Gasteiger partial charge in [-0.25, -0.2) is 0 Å². The van der Waals surface area contributed by atoms with E-state index in [4.69, 9.17) is 9.26 Å². The quantitative estimate of drug-likeness (QED) is 0.910. The molecule has 1 atom stereocenters. The number of aromatic nitrogens is 2. The lowest BCUT2D eigenvalue weighted by molar-refractivity contribution is 0.0854. The van der Waals surface area contributed by atoms with Crippen molar-refractivity contribution in [3.8, 4) is 11.5 Å². The average Bonchev–Trinajstić information content (AvgIpc) is 3.01. The van der Waals surface area contributed by atoms with Crippen LogP contribution in [0.5, 0.6) is 0 Å². The van der Waals surface area contributed by atoms with E-state index in [0.29, 0.717) is 11.7 Å². The predicted octanol–water partition coefficient (Wildman–Crippen LogP) is 3.58. The standard InChI is InChI=1S/C16H21N3O2/c1-3-6-14(20-2)15-18-16(21-19-15)12-7-4-9-13-11(12)8-5-10-17-13/h4,7,9,14,17H,3,5-6,8,10H2,1-2H3. The van der Waals surface area contributed by atoms with E-state index in [1.54, 1.807) is 7.11 Å². The van der Waals surface area contributed by atoms with E-state index in [1.165, 1.54) is 11.3 Å². The molecule has 0 amide bonds. The zero-order chi connectivity index (χ0) is 14.7. The molecule has 21 heavy (non-hydrogen) atoms. The topological polar surface area (TPSA) is 60.2 Å². The molecule has 0 spiro atoms. The summed E-state index contributed by atoms with van der Waals surface area (Å²) < 4.78 is 10.9. The predicted molar refractivity (Wildman–Crippen MR) is 81.2 cm³/mol. The first-order valence-electron chi connectivity index (χ1n) is 7.56. The van der Waals surface area contributed by atoms with Gasteiger partial charge < -0.3 is 14.6 Å². The highest BCUT2D eigenvalue weighted by Gasteiger charge is 2.21. The highest BCUT2D eigenvalue weighted by atomic mass is 16.5. The Bertz CT molecular complexity index is 609. The largest absolute Gasteiger partial charge is 0.385 e. The summed E-state index contributed by atoms with van der Waals surface area (Å²) in [5.41, 5.74) is 3.48. The molecule has 1 unspecified atom stereocenters. The van der Waals surface area contributed by atoms with Crippen LogP contribution in [0.4, 0.5) is 5.69 Å². The summed E-state index contributed by atoms with van der Waals surface area (Å²) in [6.45, 7) is 3.14. The van der Waals surface area contributed by atoms with E-state index in [2.05, 4.69) is 28.4 Å². The fourth-order valence-corrected chi connectivity index (χ4v) is 2.80. The van der Waals surface area contributed by atoms with Crippen LogP contribution in [0, 0.1) is 0 Å². The minimum atomic E-state index is -0.0924. The molecule has 5 heteroatoms. The molecule has 112 valence electrons. The van der Waals surface area contributed by atoms with Crippen LogP contribution in [0.1, 0.15) is 43.7 Å². The van der Waals surface area contributed by atoms with Gasteiger partial charge in [0, 0.05) is 24.9 Å². The molecule has 2 heterocycles. The summed E-state index contributed by atoms with van der Waals surface area (Å²) in [6, 6.07) is 6.17. The number of methoxy groups -OCH3 is 1. The minimum Gasteiger partial charge on any atom is -0.385 e. The van der Waals surface area contributed by atoms with Crippen molar-refractivity contribution in [2.45, 2.75) is 38.7 Å². The number of anilines is 1. The minimum absolute atomic E-state index is 0.0924. The van der Waals surface area contributed by atoms with Gasteiger partial charge in [-0.15, -0.1) is 0 Å². The van der Waals surface area contributed by atoms with Gasteiger partial charge in [0.05, 0.1) is 0 Å². The number of hydrogen-bond donors (Lipinski definition) is 1.